The molecule has 0 saturated carbocycles. The average molecular weight is 286 g/mol. The second-order valence-corrected chi connectivity index (χ2v) is 6.28. The Balaban J connectivity index is 1.59. The van der Waals surface area contributed by atoms with Crippen LogP contribution < -0.4 is 21.7 Å². The number of hydrogen-bond acceptors (Lipinski definition) is 4. The molecule has 0 aliphatic carbocycles. The van der Waals surface area contributed by atoms with Gasteiger partial charge in [0.05, 0.1) is 12.1 Å². The maximum atomic E-state index is 11.4. The molecule has 2 rings (SSSR count). The van der Waals surface area contributed by atoms with E-state index in [0.29, 0.717) is 24.8 Å². The number of hydrogen-bond donors (Lipinski definition) is 4. The van der Waals surface area contributed by atoms with Gasteiger partial charge in [-0.15, -0.1) is 0 Å². The summed E-state index contributed by atoms with van der Waals surface area (Å²) in [7, 11) is 0. The average Bonchev–Trinajstić information content (AvgIpc) is 2.92. The van der Waals surface area contributed by atoms with Crippen molar-refractivity contribution >= 4 is 23.7 Å². The molecular weight excluding hydrogens is 264 g/mol. The Morgan fingerprint density at radius 3 is 3.05 bits per heavy atom. The summed E-state index contributed by atoms with van der Waals surface area (Å²) in [6.45, 7) is 1.04. The molecule has 2 fully saturated rings. The van der Waals surface area contributed by atoms with Crippen LogP contribution in [0.3, 0.4) is 0 Å². The van der Waals surface area contributed by atoms with E-state index in [9.17, 15) is 9.59 Å². The van der Waals surface area contributed by atoms with Crippen LogP contribution in [0.4, 0.5) is 4.79 Å². The zero-order valence-electron chi connectivity index (χ0n) is 11.0. The smallest absolute Gasteiger partial charge is 0.315 e. The summed E-state index contributed by atoms with van der Waals surface area (Å²) < 4.78 is 0. The van der Waals surface area contributed by atoms with Gasteiger partial charge < -0.3 is 21.7 Å². The Kier molecular flexibility index (Phi) is 5.33. The van der Waals surface area contributed by atoms with Crippen LogP contribution in [0.1, 0.15) is 25.7 Å². The summed E-state index contributed by atoms with van der Waals surface area (Å²) in [6, 6.07) is 0.514. The van der Waals surface area contributed by atoms with E-state index in [4.69, 9.17) is 5.73 Å². The molecular formula is C12H22N4O2S. The van der Waals surface area contributed by atoms with Crippen LogP contribution >= 0.6 is 11.8 Å². The number of urea groups is 1. The van der Waals surface area contributed by atoms with Gasteiger partial charge in [0.2, 0.25) is 5.91 Å². The molecule has 6 nitrogen and oxygen atoms in total. The first-order chi connectivity index (χ1) is 9.20. The minimum Gasteiger partial charge on any atom is -0.355 e. The van der Waals surface area contributed by atoms with Crippen LogP contribution in [0.5, 0.6) is 0 Å². The largest absolute Gasteiger partial charge is 0.355 e. The van der Waals surface area contributed by atoms with Gasteiger partial charge in [0.15, 0.2) is 0 Å². The minimum absolute atomic E-state index is 0.0403. The molecule has 0 aromatic rings. The van der Waals surface area contributed by atoms with Crippen molar-refractivity contribution in [3.63, 3.8) is 0 Å². The number of rotatable bonds is 7. The third-order valence-electron chi connectivity index (χ3n) is 3.55. The van der Waals surface area contributed by atoms with Gasteiger partial charge in [0.25, 0.3) is 0 Å². The van der Waals surface area contributed by atoms with E-state index in [1.165, 1.54) is 0 Å². The van der Waals surface area contributed by atoms with Gasteiger partial charge in [-0.3, -0.25) is 4.79 Å². The highest BCUT2D eigenvalue weighted by Crippen LogP contribution is 2.33. The minimum atomic E-state index is -0.0403. The normalized spacial score (nSPS) is 28.7. The molecule has 0 aromatic carbocycles. The summed E-state index contributed by atoms with van der Waals surface area (Å²) in [5.74, 6) is 1.07. The summed E-state index contributed by atoms with van der Waals surface area (Å²) in [5.41, 5.74) is 5.32. The van der Waals surface area contributed by atoms with Gasteiger partial charge in [-0.1, -0.05) is 6.42 Å². The van der Waals surface area contributed by atoms with Crippen molar-refractivity contribution in [3.8, 4) is 0 Å². The van der Waals surface area contributed by atoms with Crippen LogP contribution in [-0.2, 0) is 4.79 Å². The maximum Gasteiger partial charge on any atom is 0.315 e. The molecule has 2 aliphatic heterocycles. The molecule has 0 bridgehead atoms. The van der Waals surface area contributed by atoms with E-state index in [1.54, 1.807) is 0 Å². The molecule has 108 valence electrons. The molecule has 0 aromatic heterocycles. The summed E-state index contributed by atoms with van der Waals surface area (Å²) in [4.78, 5) is 22.6. The first kappa shape index (κ1) is 14.5. The first-order valence-corrected chi connectivity index (χ1v) is 7.91. The Morgan fingerprint density at radius 2 is 2.26 bits per heavy atom. The zero-order chi connectivity index (χ0) is 13.7. The number of unbranched alkanes of at least 4 members (excludes halogenated alkanes) is 1. The Bertz CT molecular complexity index is 340. The molecule has 19 heavy (non-hydrogen) atoms. The molecule has 5 N–H and O–H groups in total. The van der Waals surface area contributed by atoms with Crippen molar-refractivity contribution in [2.45, 2.75) is 43.0 Å². The molecule has 2 heterocycles. The number of fused-ring (bicyclic) bond motifs is 1. The fourth-order valence-electron chi connectivity index (χ4n) is 2.57. The third kappa shape index (κ3) is 4.01. The van der Waals surface area contributed by atoms with Crippen LogP contribution in [-0.4, -0.2) is 48.1 Å². The lowest BCUT2D eigenvalue weighted by Gasteiger charge is -2.16. The summed E-state index contributed by atoms with van der Waals surface area (Å²) >= 11 is 1.91. The highest BCUT2D eigenvalue weighted by Gasteiger charge is 2.42. The molecule has 7 heteroatoms. The topological polar surface area (TPSA) is 96.2 Å². The van der Waals surface area contributed by atoms with Crippen molar-refractivity contribution in [1.82, 2.24) is 16.0 Å². The van der Waals surface area contributed by atoms with Gasteiger partial charge in [0, 0.05) is 30.5 Å². The van der Waals surface area contributed by atoms with Crippen molar-refractivity contribution in [2.24, 2.45) is 5.73 Å². The van der Waals surface area contributed by atoms with Crippen molar-refractivity contribution in [1.29, 1.82) is 0 Å². The van der Waals surface area contributed by atoms with Crippen molar-refractivity contribution < 1.29 is 9.59 Å². The SMILES string of the molecule is NCCNC(=O)CCCC[C@H]1SCC2NC(=O)NC21. The van der Waals surface area contributed by atoms with Crippen LogP contribution in [0.2, 0.25) is 0 Å². The van der Waals surface area contributed by atoms with E-state index < -0.39 is 0 Å². The van der Waals surface area contributed by atoms with Gasteiger partial charge in [-0.2, -0.15) is 11.8 Å². The van der Waals surface area contributed by atoms with E-state index in [2.05, 4.69) is 16.0 Å². The fourth-order valence-corrected chi connectivity index (χ4v) is 4.12. The molecule has 2 unspecified atom stereocenters. The number of carbonyl (C=O) groups excluding carboxylic acids is 2. The van der Waals surface area contributed by atoms with E-state index >= 15 is 0 Å². The summed E-state index contributed by atoms with van der Waals surface area (Å²) in [6.07, 6.45) is 3.53. The zero-order valence-corrected chi connectivity index (χ0v) is 11.8. The van der Waals surface area contributed by atoms with Gasteiger partial charge in [0.1, 0.15) is 0 Å². The molecule has 2 aliphatic rings. The van der Waals surface area contributed by atoms with Crippen molar-refractivity contribution in [2.75, 3.05) is 18.8 Å². The molecule has 0 radical (unpaired) electrons. The number of nitrogens with two attached hydrogens (primary N) is 1. The second-order valence-electron chi connectivity index (χ2n) is 5.01. The third-order valence-corrected chi connectivity index (χ3v) is 5.06. The number of thioether (sulfide) groups is 1. The van der Waals surface area contributed by atoms with Crippen molar-refractivity contribution in [3.05, 3.63) is 0 Å². The highest BCUT2D eigenvalue weighted by molar-refractivity contribution is 8.00. The standard InChI is InChI=1S/C12H22N4O2S/c13-5-6-14-10(17)4-2-1-3-9-11-8(7-19-9)15-12(18)16-11/h8-9,11H,1-7,13H2,(H,14,17)(H2,15,16,18)/t8?,9-,11?/m1/s1. The monoisotopic (exact) mass is 286 g/mol. The van der Waals surface area contributed by atoms with Gasteiger partial charge in [-0.25, -0.2) is 4.79 Å². The van der Waals surface area contributed by atoms with Gasteiger partial charge >= 0.3 is 6.03 Å². The Morgan fingerprint density at radius 1 is 1.42 bits per heavy atom. The second kappa shape index (κ2) is 7.00. The number of amides is 3. The lowest BCUT2D eigenvalue weighted by Crippen LogP contribution is -2.36. The molecule has 2 saturated heterocycles. The van der Waals surface area contributed by atoms with Crippen LogP contribution in [0.15, 0.2) is 0 Å². The molecule has 0 spiro atoms. The predicted octanol–water partition coefficient (Wildman–Crippen LogP) is -0.213. The van der Waals surface area contributed by atoms with E-state index in [-0.39, 0.29) is 24.0 Å². The van der Waals surface area contributed by atoms with E-state index in [0.717, 1.165) is 25.0 Å². The maximum absolute atomic E-state index is 11.4. The molecule has 3 amide bonds. The van der Waals surface area contributed by atoms with Crippen LogP contribution in [0, 0.1) is 0 Å². The van der Waals surface area contributed by atoms with Gasteiger partial charge in [-0.05, 0) is 12.8 Å². The Hall–Kier alpha value is -0.950. The fraction of sp³-hybridized carbons (Fsp3) is 0.833. The summed E-state index contributed by atoms with van der Waals surface area (Å²) in [5, 5.41) is 9.16. The first-order valence-electron chi connectivity index (χ1n) is 6.86. The highest BCUT2D eigenvalue weighted by atomic mass is 32.2. The number of nitrogens with one attached hydrogen (secondary N) is 3. The quantitative estimate of drug-likeness (QED) is 0.384. The van der Waals surface area contributed by atoms with E-state index in [1.807, 2.05) is 11.8 Å². The lowest BCUT2D eigenvalue weighted by molar-refractivity contribution is -0.121. The van der Waals surface area contributed by atoms with Crippen LogP contribution in [0.25, 0.3) is 0 Å². The Labute approximate surface area is 117 Å². The predicted molar refractivity (Wildman–Crippen MR) is 76.0 cm³/mol. The number of carbonyl (C=O) groups is 2. The molecule has 3 atom stereocenters. The lowest BCUT2D eigenvalue weighted by atomic mass is 10.0.